The van der Waals surface area contributed by atoms with Gasteiger partial charge in [0, 0.05) is 17.6 Å². The average molecular weight is 538 g/mol. The number of aliphatic hydroxyl groups excluding tert-OH is 2. The van der Waals surface area contributed by atoms with Crippen molar-refractivity contribution in [3.8, 4) is 6.07 Å². The predicted octanol–water partition coefficient (Wildman–Crippen LogP) is 4.49. The molecule has 3 rings (SSSR count). The number of carbonyl (C=O) groups excluding carboxylic acids is 1. The van der Waals surface area contributed by atoms with E-state index in [-0.39, 0.29) is 23.6 Å². The van der Waals surface area contributed by atoms with Crippen LogP contribution < -0.4 is 10.6 Å². The summed E-state index contributed by atoms with van der Waals surface area (Å²) in [5.41, 5.74) is -1.18. The van der Waals surface area contributed by atoms with Gasteiger partial charge >= 0.3 is 6.09 Å². The molecule has 0 spiro atoms. The molecule has 0 radical (unpaired) electrons. The maximum atomic E-state index is 15.5. The van der Waals surface area contributed by atoms with Crippen LogP contribution in [0.2, 0.25) is 10.0 Å². The number of nitrogens with one attached hydrogen (secondary N) is 2. The van der Waals surface area contributed by atoms with Crippen molar-refractivity contribution in [1.82, 2.24) is 10.6 Å². The molecule has 1 aliphatic heterocycles. The van der Waals surface area contributed by atoms with Crippen LogP contribution in [0.4, 0.5) is 9.18 Å². The molecule has 10 heteroatoms. The Kier molecular flexibility index (Phi) is 8.86. The molecule has 7 nitrogen and oxygen atoms in total. The number of benzene rings is 2. The summed E-state index contributed by atoms with van der Waals surface area (Å²) in [6.45, 7) is 5.44. The fourth-order valence-corrected chi connectivity index (χ4v) is 5.18. The predicted molar refractivity (Wildman–Crippen MR) is 135 cm³/mol. The number of halogens is 3. The molecule has 2 aromatic carbocycles. The highest BCUT2D eigenvalue weighted by molar-refractivity contribution is 6.31. The number of alkyl carbamates (subject to hydrolysis) is 1. The SMILES string of the molecule is CC(C)(C)[C@@H]1N[C@H](OC(=O)NCC[C@H](O)CO)[C@H](c2cccc(Cl)c2F)[C@@]1(C#N)c1ccc(Cl)cc1. The molecule has 1 fully saturated rings. The Labute approximate surface area is 220 Å². The summed E-state index contributed by atoms with van der Waals surface area (Å²) in [5, 5.41) is 35.4. The summed E-state index contributed by atoms with van der Waals surface area (Å²) in [6, 6.07) is 13.2. The maximum Gasteiger partial charge on any atom is 0.408 e. The quantitative estimate of drug-likeness (QED) is 0.413. The fraction of sp³-hybridized carbons (Fsp3) is 0.462. The van der Waals surface area contributed by atoms with Crippen molar-refractivity contribution in [2.75, 3.05) is 13.2 Å². The van der Waals surface area contributed by atoms with Crippen LogP contribution >= 0.6 is 23.2 Å². The zero-order valence-electron chi connectivity index (χ0n) is 20.3. The van der Waals surface area contributed by atoms with Gasteiger partial charge in [-0.15, -0.1) is 0 Å². The maximum absolute atomic E-state index is 15.5. The summed E-state index contributed by atoms with van der Waals surface area (Å²) < 4.78 is 21.2. The van der Waals surface area contributed by atoms with Gasteiger partial charge < -0.3 is 20.3 Å². The largest absolute Gasteiger partial charge is 0.430 e. The molecule has 0 aliphatic carbocycles. The van der Waals surface area contributed by atoms with E-state index in [0.717, 1.165) is 0 Å². The summed E-state index contributed by atoms with van der Waals surface area (Å²) in [7, 11) is 0. The van der Waals surface area contributed by atoms with Crippen LogP contribution in [0.3, 0.4) is 0 Å². The number of nitriles is 1. The van der Waals surface area contributed by atoms with E-state index in [9.17, 15) is 15.2 Å². The highest BCUT2D eigenvalue weighted by atomic mass is 35.5. The van der Waals surface area contributed by atoms with Gasteiger partial charge in [0.1, 0.15) is 11.2 Å². The second-order valence-electron chi connectivity index (χ2n) is 9.95. The number of hydrogen-bond donors (Lipinski definition) is 4. The summed E-state index contributed by atoms with van der Waals surface area (Å²) >= 11 is 12.3. The van der Waals surface area contributed by atoms with Crippen molar-refractivity contribution in [1.29, 1.82) is 5.26 Å². The van der Waals surface area contributed by atoms with Gasteiger partial charge in [-0.1, -0.05) is 68.2 Å². The number of amides is 1. The Bertz CT molecular complexity index is 1120. The molecule has 194 valence electrons. The molecule has 0 bridgehead atoms. The van der Waals surface area contributed by atoms with Gasteiger partial charge in [0.15, 0.2) is 6.23 Å². The van der Waals surface area contributed by atoms with Crippen LogP contribution in [0, 0.1) is 22.6 Å². The van der Waals surface area contributed by atoms with E-state index in [2.05, 4.69) is 16.7 Å². The van der Waals surface area contributed by atoms with Crippen molar-refractivity contribution in [3.63, 3.8) is 0 Å². The minimum atomic E-state index is -1.37. The number of rotatable bonds is 7. The molecular formula is C26H30Cl2FN3O4. The molecular weight excluding hydrogens is 508 g/mol. The lowest BCUT2D eigenvalue weighted by molar-refractivity contribution is 0.0670. The van der Waals surface area contributed by atoms with E-state index in [1.54, 1.807) is 30.3 Å². The summed E-state index contributed by atoms with van der Waals surface area (Å²) in [6.07, 6.45) is -2.78. The third kappa shape index (κ3) is 5.61. The Morgan fingerprint density at radius 3 is 2.53 bits per heavy atom. The second kappa shape index (κ2) is 11.3. The molecule has 0 saturated carbocycles. The first-order chi connectivity index (χ1) is 16.9. The molecule has 5 atom stereocenters. The van der Waals surface area contributed by atoms with Crippen molar-refractivity contribution in [2.24, 2.45) is 5.41 Å². The number of nitrogens with zero attached hydrogens (tertiary/aromatic N) is 1. The highest BCUT2D eigenvalue weighted by Gasteiger charge is 2.62. The van der Waals surface area contributed by atoms with E-state index in [1.165, 1.54) is 12.1 Å². The number of carbonyl (C=O) groups is 1. The van der Waals surface area contributed by atoms with Gasteiger partial charge in [0.2, 0.25) is 0 Å². The van der Waals surface area contributed by atoms with Crippen LogP contribution in [-0.4, -0.2) is 47.8 Å². The molecule has 36 heavy (non-hydrogen) atoms. The van der Waals surface area contributed by atoms with Crippen LogP contribution in [0.15, 0.2) is 42.5 Å². The molecule has 0 unspecified atom stereocenters. The van der Waals surface area contributed by atoms with Gasteiger partial charge in [0.05, 0.1) is 29.7 Å². The Hall–Kier alpha value is -2.41. The van der Waals surface area contributed by atoms with Crippen LogP contribution in [0.25, 0.3) is 0 Å². The number of ether oxygens (including phenoxy) is 1. The first kappa shape index (κ1) is 28.2. The Balaban J connectivity index is 2.12. The van der Waals surface area contributed by atoms with Crippen LogP contribution in [0.1, 0.15) is 44.2 Å². The lowest BCUT2D eigenvalue weighted by atomic mass is 9.61. The normalized spacial score (nSPS) is 24.7. The van der Waals surface area contributed by atoms with Gasteiger partial charge in [-0.25, -0.2) is 9.18 Å². The smallest absolute Gasteiger partial charge is 0.408 e. The molecule has 4 N–H and O–H groups in total. The van der Waals surface area contributed by atoms with E-state index < -0.39 is 53.6 Å². The molecule has 1 amide bonds. The molecule has 1 aliphatic rings. The first-order valence-corrected chi connectivity index (χ1v) is 12.3. The Morgan fingerprint density at radius 1 is 1.28 bits per heavy atom. The van der Waals surface area contributed by atoms with E-state index in [4.69, 9.17) is 33.0 Å². The van der Waals surface area contributed by atoms with Crippen molar-refractivity contribution < 1.29 is 24.1 Å². The van der Waals surface area contributed by atoms with E-state index in [0.29, 0.717) is 10.6 Å². The third-order valence-electron chi connectivity index (χ3n) is 6.46. The molecule has 2 aromatic rings. The Morgan fingerprint density at radius 2 is 1.94 bits per heavy atom. The fourth-order valence-electron chi connectivity index (χ4n) is 4.87. The standard InChI is InChI=1S/C26H30Cl2FN3O4/c1-25(2,3)23-26(14-30,15-7-9-16(27)10-8-15)20(18-5-4-6-19(28)21(18)29)22(32-23)36-24(35)31-12-11-17(34)13-33/h4-10,17,20,22-23,32-34H,11-13H2,1-3H3,(H,31,35)/t17-,20-,22+,23-,26+/m0/s1. The zero-order chi connectivity index (χ0) is 26.7. The number of aliphatic hydroxyl groups is 2. The van der Waals surface area contributed by atoms with Crippen molar-refractivity contribution in [2.45, 2.75) is 56.9 Å². The molecule has 1 saturated heterocycles. The monoisotopic (exact) mass is 537 g/mol. The molecule has 0 aromatic heterocycles. The van der Waals surface area contributed by atoms with E-state index in [1.807, 2.05) is 20.8 Å². The number of hydrogen-bond acceptors (Lipinski definition) is 6. The lowest BCUT2D eigenvalue weighted by Gasteiger charge is -2.40. The van der Waals surface area contributed by atoms with Gasteiger partial charge in [-0.3, -0.25) is 5.32 Å². The third-order valence-corrected chi connectivity index (χ3v) is 7.00. The highest BCUT2D eigenvalue weighted by Crippen LogP contribution is 2.54. The minimum absolute atomic E-state index is 0.0484. The van der Waals surface area contributed by atoms with Crippen molar-refractivity contribution >= 4 is 29.3 Å². The van der Waals surface area contributed by atoms with Crippen LogP contribution in [0.5, 0.6) is 0 Å². The molecule has 1 heterocycles. The van der Waals surface area contributed by atoms with Crippen LogP contribution in [-0.2, 0) is 10.2 Å². The van der Waals surface area contributed by atoms with Gasteiger partial charge in [-0.05, 0) is 41.2 Å². The van der Waals surface area contributed by atoms with Crippen molar-refractivity contribution in [3.05, 3.63) is 69.5 Å². The van der Waals surface area contributed by atoms with E-state index >= 15 is 4.39 Å². The van der Waals surface area contributed by atoms with Gasteiger partial charge in [-0.2, -0.15) is 5.26 Å². The summed E-state index contributed by atoms with van der Waals surface area (Å²) in [4.78, 5) is 12.7. The summed E-state index contributed by atoms with van der Waals surface area (Å²) in [5.74, 6) is -1.67. The second-order valence-corrected chi connectivity index (χ2v) is 10.8. The minimum Gasteiger partial charge on any atom is -0.430 e. The average Bonchev–Trinajstić information content (AvgIpc) is 3.16. The lowest BCUT2D eigenvalue weighted by Crippen LogP contribution is -2.50. The topological polar surface area (TPSA) is 115 Å². The zero-order valence-corrected chi connectivity index (χ0v) is 21.8. The first-order valence-electron chi connectivity index (χ1n) is 11.6. The van der Waals surface area contributed by atoms with Gasteiger partial charge in [0.25, 0.3) is 0 Å².